The predicted octanol–water partition coefficient (Wildman–Crippen LogP) is 10.0. The Morgan fingerprint density at radius 1 is 0.906 bits per heavy atom. The summed E-state index contributed by atoms with van der Waals surface area (Å²) in [6.45, 7) is 18.9. The Morgan fingerprint density at radius 2 is 1.59 bits per heavy atom. The fraction of sp³-hybridized carbons (Fsp3) is 0.490. The first-order chi connectivity index (χ1) is 29.8. The number of aromatic hydroxyl groups is 1. The molecule has 0 bridgehead atoms. The average Bonchev–Trinajstić information content (AvgIpc) is 3.41. The zero-order valence-corrected chi connectivity index (χ0v) is 38.8. The molecule has 4 N–H and O–H groups in total. The number of rotatable bonds is 11. The number of carbonyl (C=O) groups excluding carboxylic acids is 1. The average molecular weight is 883 g/mol. The molecule has 4 atom stereocenters. The summed E-state index contributed by atoms with van der Waals surface area (Å²) in [5.41, 5.74) is -1.83. The number of ether oxygens (including phenoxy) is 5. The second-order valence-electron chi connectivity index (χ2n) is 19.3. The van der Waals surface area contributed by atoms with Crippen LogP contribution in [0.3, 0.4) is 0 Å². The van der Waals surface area contributed by atoms with Crippen LogP contribution in [0.25, 0.3) is 6.08 Å². The quantitative estimate of drug-likeness (QED) is 0.123. The van der Waals surface area contributed by atoms with Gasteiger partial charge < -0.3 is 44.1 Å². The second kappa shape index (κ2) is 17.3. The van der Waals surface area contributed by atoms with Gasteiger partial charge >= 0.3 is 17.9 Å². The van der Waals surface area contributed by atoms with Crippen LogP contribution in [0.1, 0.15) is 145 Å². The molecule has 1 spiro atoms. The molecule has 0 amide bonds. The molecule has 2 aromatic rings. The molecule has 13 nitrogen and oxygen atoms in total. The number of benzene rings is 2. The number of aliphatic carboxylic acids is 2. The van der Waals surface area contributed by atoms with Crippen LogP contribution in [0.5, 0.6) is 28.7 Å². The van der Waals surface area contributed by atoms with Gasteiger partial charge in [0.25, 0.3) is 0 Å². The van der Waals surface area contributed by atoms with E-state index in [4.69, 9.17) is 28.8 Å². The zero-order valence-electron chi connectivity index (χ0n) is 38.8. The standard InChI is InChI=1S/C38H46O9.C13H16O4/c1-21(2)11-10-18-36(8)19-17-24-29(39)28-30(40)26-12-9-13-27-35(6,7)47-37(34(43)44,20-16-23(5)33(41)42)38(26,27)46-32(28)25(31(24)45-36)15-14-22(3)4;1-13(2)7-6-8-10(17-13)5-4-9(12(14)15)11(8)16-3/h11-12,14,16-17,19,27,39H,9-10,13,15,18,20H2,1-8H3,(H,41,42)(H,43,44);4-5H,6-7H2,1-3H3,(H,14,15). The van der Waals surface area contributed by atoms with Gasteiger partial charge in [-0.3, -0.25) is 4.79 Å². The highest BCUT2D eigenvalue weighted by molar-refractivity contribution is 6.17. The number of ketones is 1. The molecule has 1 aliphatic carbocycles. The van der Waals surface area contributed by atoms with E-state index in [-0.39, 0.29) is 45.8 Å². The Bertz CT molecular complexity index is 2440. The minimum absolute atomic E-state index is 0.0407. The number of carboxylic acids is 3. The van der Waals surface area contributed by atoms with Crippen molar-refractivity contribution in [3.8, 4) is 28.7 Å². The van der Waals surface area contributed by atoms with Crippen LogP contribution in [0, 0.1) is 5.92 Å². The Hall–Kier alpha value is -5.82. The molecular weight excluding hydrogens is 821 g/mol. The van der Waals surface area contributed by atoms with Crippen molar-refractivity contribution in [1.29, 1.82) is 0 Å². The zero-order chi connectivity index (χ0) is 47.3. The van der Waals surface area contributed by atoms with E-state index in [1.165, 1.54) is 31.7 Å². The number of carbonyl (C=O) groups is 4. The molecule has 4 heterocycles. The second-order valence-corrected chi connectivity index (χ2v) is 19.3. The SMILES string of the molecule is CC(C)=CCCC1(C)C=Cc2c(O)c3c(c(CC=C(C)C)c2O1)OC12C(=CCCC1C(C)(C)OC2(CC=C(C)C(=O)O)C(=O)O)C3=O.COc1c(C(=O)O)ccc2c1CCC(C)(C)O2. The largest absolute Gasteiger partial charge is 0.506 e. The van der Waals surface area contributed by atoms with E-state index in [0.29, 0.717) is 48.3 Å². The van der Waals surface area contributed by atoms with Gasteiger partial charge in [-0.15, -0.1) is 0 Å². The summed E-state index contributed by atoms with van der Waals surface area (Å²) in [5.74, 6) is -3.36. The first-order valence-corrected chi connectivity index (χ1v) is 21.8. The molecule has 7 rings (SSSR count). The number of methoxy groups -OCH3 is 1. The third-order valence-corrected chi connectivity index (χ3v) is 13.1. The van der Waals surface area contributed by atoms with Gasteiger partial charge in [-0.25, -0.2) is 14.4 Å². The number of phenols is 1. The molecule has 4 aliphatic heterocycles. The topological polar surface area (TPSA) is 195 Å². The molecule has 1 fully saturated rings. The smallest absolute Gasteiger partial charge is 0.340 e. The van der Waals surface area contributed by atoms with Gasteiger partial charge in [0.05, 0.1) is 18.3 Å². The number of aromatic carboxylic acids is 1. The fourth-order valence-corrected chi connectivity index (χ4v) is 9.78. The lowest BCUT2D eigenvalue weighted by molar-refractivity contribution is -0.184. The van der Waals surface area contributed by atoms with Crippen LogP contribution in [-0.2, 0) is 27.2 Å². The van der Waals surface area contributed by atoms with E-state index in [2.05, 4.69) is 6.08 Å². The van der Waals surface area contributed by atoms with Gasteiger partial charge in [0.1, 0.15) is 51.1 Å². The van der Waals surface area contributed by atoms with Crippen molar-refractivity contribution < 1.29 is 63.3 Å². The molecule has 344 valence electrons. The molecule has 0 aromatic heterocycles. The maximum absolute atomic E-state index is 14.7. The maximum atomic E-state index is 14.7. The lowest BCUT2D eigenvalue weighted by atomic mass is 9.60. The molecule has 4 unspecified atom stereocenters. The summed E-state index contributed by atoms with van der Waals surface area (Å²) in [5, 5.41) is 41.5. The van der Waals surface area contributed by atoms with Crippen molar-refractivity contribution in [2.45, 2.75) is 149 Å². The van der Waals surface area contributed by atoms with Crippen molar-refractivity contribution >= 4 is 29.8 Å². The van der Waals surface area contributed by atoms with Crippen LogP contribution in [0.15, 0.2) is 64.8 Å². The van der Waals surface area contributed by atoms with Crippen molar-refractivity contribution in [1.82, 2.24) is 0 Å². The number of hydrogen-bond donors (Lipinski definition) is 4. The number of hydrogen-bond acceptors (Lipinski definition) is 10. The van der Waals surface area contributed by atoms with E-state index in [0.717, 1.165) is 36.1 Å². The monoisotopic (exact) mass is 882 g/mol. The van der Waals surface area contributed by atoms with Crippen molar-refractivity contribution in [2.75, 3.05) is 7.11 Å². The van der Waals surface area contributed by atoms with Crippen LogP contribution in [0.2, 0.25) is 0 Å². The highest BCUT2D eigenvalue weighted by Gasteiger charge is 2.77. The Kier molecular flexibility index (Phi) is 12.9. The van der Waals surface area contributed by atoms with Gasteiger partial charge in [-0.05, 0) is 138 Å². The first kappa shape index (κ1) is 47.7. The van der Waals surface area contributed by atoms with E-state index >= 15 is 0 Å². The number of phenolic OH excluding ortho intramolecular Hbond substituents is 1. The fourth-order valence-electron chi connectivity index (χ4n) is 9.78. The summed E-state index contributed by atoms with van der Waals surface area (Å²) in [4.78, 5) is 51.1. The highest BCUT2D eigenvalue weighted by Crippen LogP contribution is 2.64. The number of carboxylic acid groups (broad SMARTS) is 3. The highest BCUT2D eigenvalue weighted by atomic mass is 16.6. The molecule has 64 heavy (non-hydrogen) atoms. The van der Waals surface area contributed by atoms with Gasteiger partial charge in [0.15, 0.2) is 11.4 Å². The van der Waals surface area contributed by atoms with Gasteiger partial charge in [0, 0.05) is 34.6 Å². The molecule has 2 aromatic carbocycles. The third kappa shape index (κ3) is 8.34. The van der Waals surface area contributed by atoms with E-state index in [9.17, 15) is 34.5 Å². The van der Waals surface area contributed by atoms with E-state index in [1.54, 1.807) is 32.1 Å². The van der Waals surface area contributed by atoms with Crippen LogP contribution in [-0.4, -0.2) is 79.2 Å². The van der Waals surface area contributed by atoms with Crippen LogP contribution < -0.4 is 18.9 Å². The minimum Gasteiger partial charge on any atom is -0.506 e. The Balaban J connectivity index is 0.000000333. The number of Topliss-reactive ketones (excluding diaryl/α,β-unsaturated/α-hetero) is 1. The Morgan fingerprint density at radius 3 is 2.20 bits per heavy atom. The van der Waals surface area contributed by atoms with Gasteiger partial charge in [0.2, 0.25) is 5.60 Å². The number of fused-ring (bicyclic) bond motifs is 3. The summed E-state index contributed by atoms with van der Waals surface area (Å²) < 4.78 is 31.3. The molecule has 0 saturated carbocycles. The lowest BCUT2D eigenvalue weighted by Gasteiger charge is -2.50. The predicted molar refractivity (Wildman–Crippen MR) is 241 cm³/mol. The summed E-state index contributed by atoms with van der Waals surface area (Å²) in [6.07, 6.45) is 14.7. The van der Waals surface area contributed by atoms with Crippen LogP contribution >= 0.6 is 0 Å². The van der Waals surface area contributed by atoms with Gasteiger partial charge in [-0.1, -0.05) is 35.5 Å². The molecular formula is C51H62O13. The van der Waals surface area contributed by atoms with Gasteiger partial charge in [-0.2, -0.15) is 0 Å². The third-order valence-electron chi connectivity index (χ3n) is 13.1. The van der Waals surface area contributed by atoms with E-state index < -0.39 is 52.0 Å². The minimum atomic E-state index is -2.16. The van der Waals surface area contributed by atoms with E-state index in [1.807, 2.05) is 60.6 Å². The van der Waals surface area contributed by atoms with Crippen molar-refractivity contribution in [2.24, 2.45) is 5.92 Å². The molecule has 1 saturated heterocycles. The number of allylic oxidation sites excluding steroid dienone is 5. The van der Waals surface area contributed by atoms with Crippen LogP contribution in [0.4, 0.5) is 0 Å². The van der Waals surface area contributed by atoms with Crippen molar-refractivity contribution in [3.05, 3.63) is 92.6 Å². The van der Waals surface area contributed by atoms with Crippen molar-refractivity contribution in [3.63, 3.8) is 0 Å². The molecule has 13 heteroatoms. The molecule has 5 aliphatic rings. The summed E-state index contributed by atoms with van der Waals surface area (Å²) >= 11 is 0. The lowest BCUT2D eigenvalue weighted by Crippen LogP contribution is -2.66. The Labute approximate surface area is 375 Å². The first-order valence-electron chi connectivity index (χ1n) is 21.8. The normalized spacial score (nSPS) is 25.4. The molecule has 0 radical (unpaired) electrons. The summed E-state index contributed by atoms with van der Waals surface area (Å²) in [7, 11) is 1.49. The maximum Gasteiger partial charge on any atom is 0.340 e. The summed E-state index contributed by atoms with van der Waals surface area (Å²) in [6, 6.07) is 3.24.